The van der Waals surface area contributed by atoms with E-state index < -0.39 is 20.6 Å². The second kappa shape index (κ2) is 5.96. The third-order valence-electron chi connectivity index (χ3n) is 1.67. The smallest absolute Gasteiger partial charge is 0.148 e. The van der Waals surface area contributed by atoms with Gasteiger partial charge in [0.05, 0.1) is 5.75 Å². The fourth-order valence-electron chi connectivity index (χ4n) is 0.886. The van der Waals surface area contributed by atoms with E-state index in [2.05, 4.69) is 5.32 Å². The molecule has 0 saturated heterocycles. The van der Waals surface area contributed by atoms with Crippen LogP contribution in [-0.4, -0.2) is 48.2 Å². The maximum absolute atomic E-state index is 11.4. The van der Waals surface area contributed by atoms with Crippen LogP contribution in [0.15, 0.2) is 0 Å². The molecule has 0 fully saturated rings. The summed E-state index contributed by atoms with van der Waals surface area (Å²) in [5, 5.41) is 3.21. The van der Waals surface area contributed by atoms with E-state index in [0.717, 1.165) is 6.26 Å². The van der Waals surface area contributed by atoms with E-state index >= 15 is 0 Å². The molecule has 0 spiro atoms. The zero-order valence-corrected chi connectivity index (χ0v) is 11.5. The molecule has 0 aromatic rings. The Balaban J connectivity index is 3.69. The van der Waals surface area contributed by atoms with Gasteiger partial charge in [0.1, 0.15) is 9.84 Å². The van der Waals surface area contributed by atoms with E-state index in [1.165, 1.54) is 0 Å². The highest BCUT2D eigenvalue weighted by molar-refractivity contribution is 7.92. The summed E-state index contributed by atoms with van der Waals surface area (Å²) in [6.45, 7) is 6.76. The maximum Gasteiger partial charge on any atom is 0.148 e. The molecule has 1 N–H and O–H groups in total. The molecule has 0 heterocycles. The number of rotatable bonds is 6. The summed E-state index contributed by atoms with van der Waals surface area (Å²) in [6, 6.07) is 0. The van der Waals surface area contributed by atoms with Gasteiger partial charge in [-0.2, -0.15) is 0 Å². The zero-order chi connectivity index (χ0) is 12.1. The van der Waals surface area contributed by atoms with Gasteiger partial charge < -0.3 is 5.32 Å². The quantitative estimate of drug-likeness (QED) is 0.735. The third kappa shape index (κ3) is 12.0. The summed E-state index contributed by atoms with van der Waals surface area (Å²) in [5.41, 5.74) is 0.0149. The van der Waals surface area contributed by atoms with E-state index in [9.17, 15) is 12.6 Å². The molecule has 0 saturated carbocycles. The van der Waals surface area contributed by atoms with Crippen molar-refractivity contribution in [1.82, 2.24) is 5.32 Å². The van der Waals surface area contributed by atoms with Crippen LogP contribution in [0.5, 0.6) is 0 Å². The van der Waals surface area contributed by atoms with Crippen LogP contribution in [0.4, 0.5) is 0 Å². The molecule has 0 bridgehead atoms. The fourth-order valence-corrected chi connectivity index (χ4v) is 3.37. The second-order valence-corrected chi connectivity index (χ2v) is 8.61. The fraction of sp³-hybridized carbons (Fsp3) is 1.00. The second-order valence-electron chi connectivity index (χ2n) is 4.65. The van der Waals surface area contributed by atoms with Crippen LogP contribution in [-0.2, 0) is 20.6 Å². The first-order chi connectivity index (χ1) is 6.60. The van der Waals surface area contributed by atoms with Crippen LogP contribution >= 0.6 is 0 Å². The molecule has 0 radical (unpaired) electrons. The van der Waals surface area contributed by atoms with Crippen LogP contribution in [0.3, 0.4) is 0 Å². The highest BCUT2D eigenvalue weighted by Crippen LogP contribution is 1.97. The van der Waals surface area contributed by atoms with E-state index in [0.29, 0.717) is 12.3 Å². The van der Waals surface area contributed by atoms with Gasteiger partial charge in [0.25, 0.3) is 0 Å². The molecule has 0 aliphatic heterocycles. The molecule has 0 rings (SSSR count). The van der Waals surface area contributed by atoms with Crippen molar-refractivity contribution in [2.24, 2.45) is 0 Å². The lowest BCUT2D eigenvalue weighted by molar-refractivity contribution is 0.440. The van der Waals surface area contributed by atoms with Gasteiger partial charge in [-0.1, -0.05) is 0 Å². The molecule has 15 heavy (non-hydrogen) atoms. The molecular weight excluding hydrogens is 234 g/mol. The van der Waals surface area contributed by atoms with E-state index in [4.69, 9.17) is 0 Å². The summed E-state index contributed by atoms with van der Waals surface area (Å²) >= 11 is 0. The summed E-state index contributed by atoms with van der Waals surface area (Å²) in [5.74, 6) is 0.757. The lowest BCUT2D eigenvalue weighted by Crippen LogP contribution is -2.38. The van der Waals surface area contributed by atoms with Crippen LogP contribution in [0.25, 0.3) is 0 Å². The Labute approximate surface area is 95.2 Å². The first-order valence-corrected chi connectivity index (χ1v) is 8.43. The van der Waals surface area contributed by atoms with Crippen LogP contribution in [0.2, 0.25) is 0 Å². The number of nitrogens with one attached hydrogen (secondary N) is 1. The largest absolute Gasteiger partial charge is 0.311 e. The molecule has 4 nitrogen and oxygen atoms in total. The van der Waals surface area contributed by atoms with Crippen LogP contribution in [0.1, 0.15) is 20.8 Å². The average molecular weight is 255 g/mol. The summed E-state index contributed by atoms with van der Waals surface area (Å²) in [4.78, 5) is 0. The monoisotopic (exact) mass is 255 g/mol. The number of hydrogen-bond donors (Lipinski definition) is 1. The molecule has 6 heteroatoms. The lowest BCUT2D eigenvalue weighted by Gasteiger charge is -2.20. The predicted molar refractivity (Wildman–Crippen MR) is 65.3 cm³/mol. The van der Waals surface area contributed by atoms with E-state index in [1.807, 2.05) is 20.8 Å². The Morgan fingerprint density at radius 1 is 1.20 bits per heavy atom. The molecular formula is C9H21NO3S2. The van der Waals surface area contributed by atoms with Crippen LogP contribution in [0, 0.1) is 0 Å². The highest BCUT2D eigenvalue weighted by atomic mass is 32.2. The first-order valence-electron chi connectivity index (χ1n) is 4.88. The Bertz CT molecular complexity index is 304. The molecule has 0 aliphatic carbocycles. The standard InChI is InChI=1S/C9H21NO3S2/c1-9(2,3)10-5-6-14(11)7-8-15(4,12)13/h10H,5-8H2,1-4H3. The predicted octanol–water partition coefficient (Wildman–Crippen LogP) is 0.168. The van der Waals surface area contributed by atoms with Crippen molar-refractivity contribution >= 4 is 20.6 Å². The molecule has 0 aromatic heterocycles. The minimum atomic E-state index is -2.99. The van der Waals surface area contributed by atoms with E-state index in [1.54, 1.807) is 0 Å². The van der Waals surface area contributed by atoms with Gasteiger partial charge in [-0.15, -0.1) is 0 Å². The van der Waals surface area contributed by atoms with Crippen molar-refractivity contribution in [3.05, 3.63) is 0 Å². The van der Waals surface area contributed by atoms with Crippen LogP contribution < -0.4 is 5.32 Å². The van der Waals surface area contributed by atoms with E-state index in [-0.39, 0.29) is 17.0 Å². The van der Waals surface area contributed by atoms with Crippen molar-refractivity contribution in [2.45, 2.75) is 26.3 Å². The molecule has 92 valence electrons. The molecule has 0 amide bonds. The van der Waals surface area contributed by atoms with Gasteiger partial charge in [-0.25, -0.2) is 8.42 Å². The van der Waals surface area contributed by atoms with Gasteiger partial charge >= 0.3 is 0 Å². The zero-order valence-electron chi connectivity index (χ0n) is 9.87. The SMILES string of the molecule is CC(C)(C)NCCS(=O)CCS(C)(=O)=O. The van der Waals surface area contributed by atoms with Crippen molar-refractivity contribution < 1.29 is 12.6 Å². The van der Waals surface area contributed by atoms with Gasteiger partial charge in [0, 0.05) is 40.6 Å². The Kier molecular flexibility index (Phi) is 5.98. The van der Waals surface area contributed by atoms with Gasteiger partial charge in [-0.3, -0.25) is 4.21 Å². The number of hydrogen-bond acceptors (Lipinski definition) is 4. The van der Waals surface area contributed by atoms with Crippen molar-refractivity contribution in [2.75, 3.05) is 30.1 Å². The normalized spacial score (nSPS) is 15.2. The summed E-state index contributed by atoms with van der Waals surface area (Å²) in [7, 11) is -4.03. The summed E-state index contributed by atoms with van der Waals surface area (Å²) < 4.78 is 33.0. The van der Waals surface area contributed by atoms with Crippen molar-refractivity contribution in [1.29, 1.82) is 0 Å². The highest BCUT2D eigenvalue weighted by Gasteiger charge is 2.10. The minimum absolute atomic E-state index is 0.00906. The molecule has 1 unspecified atom stereocenters. The average Bonchev–Trinajstić information content (AvgIpc) is 1.97. The van der Waals surface area contributed by atoms with Gasteiger partial charge in [0.2, 0.25) is 0 Å². The maximum atomic E-state index is 11.4. The molecule has 1 atom stereocenters. The summed E-state index contributed by atoms with van der Waals surface area (Å²) in [6.07, 6.45) is 1.16. The van der Waals surface area contributed by atoms with Gasteiger partial charge in [-0.05, 0) is 20.8 Å². The molecule has 0 aliphatic rings. The van der Waals surface area contributed by atoms with Crippen molar-refractivity contribution in [3.63, 3.8) is 0 Å². The first kappa shape index (κ1) is 15.1. The van der Waals surface area contributed by atoms with Gasteiger partial charge in [0.15, 0.2) is 0 Å². The minimum Gasteiger partial charge on any atom is -0.311 e. The number of sulfone groups is 1. The van der Waals surface area contributed by atoms with Crippen molar-refractivity contribution in [3.8, 4) is 0 Å². The lowest BCUT2D eigenvalue weighted by atomic mass is 10.1. The Morgan fingerprint density at radius 3 is 2.13 bits per heavy atom. The topological polar surface area (TPSA) is 63.2 Å². The third-order valence-corrected chi connectivity index (χ3v) is 4.19. The molecule has 0 aromatic carbocycles. The Morgan fingerprint density at radius 2 is 1.73 bits per heavy atom. The Hall–Kier alpha value is 0.0600.